The van der Waals surface area contributed by atoms with E-state index in [9.17, 15) is 10.1 Å². The molecule has 52 valence electrons. The van der Waals surface area contributed by atoms with Gasteiger partial charge in [0, 0.05) is 11.8 Å². The van der Waals surface area contributed by atoms with Gasteiger partial charge in [-0.3, -0.25) is 10.1 Å². The van der Waals surface area contributed by atoms with Crippen molar-refractivity contribution in [1.82, 2.24) is 0 Å². The third-order valence-electron chi connectivity index (χ3n) is 1.43. The molecule has 0 saturated heterocycles. The molecule has 0 aromatic carbocycles. The first-order chi connectivity index (χ1) is 4.09. The molecule has 3 nitrogen and oxygen atoms in total. The normalized spacial score (nSPS) is 15.2. The van der Waals surface area contributed by atoms with Crippen LogP contribution in [0.25, 0.3) is 0 Å². The Bertz CT molecular complexity index is 140. The van der Waals surface area contributed by atoms with Crippen LogP contribution in [-0.4, -0.2) is 11.0 Å². The Morgan fingerprint density at radius 3 is 2.33 bits per heavy atom. The maximum atomic E-state index is 10.1. The Kier molecular flexibility index (Phi) is 2.91. The van der Waals surface area contributed by atoms with Crippen LogP contribution >= 0.6 is 0 Å². The van der Waals surface area contributed by atoms with Gasteiger partial charge in [-0.2, -0.15) is 0 Å². The number of hydrogen-bond donors (Lipinski definition) is 0. The monoisotopic (exact) mass is 129 g/mol. The van der Waals surface area contributed by atoms with Gasteiger partial charge in [-0.25, -0.2) is 0 Å². The first kappa shape index (κ1) is 8.14. The highest BCUT2D eigenvalue weighted by Gasteiger charge is 2.12. The summed E-state index contributed by atoms with van der Waals surface area (Å²) >= 11 is 0. The molecule has 1 unspecified atom stereocenters. The molecule has 0 rings (SSSR count). The van der Waals surface area contributed by atoms with Crippen molar-refractivity contribution < 1.29 is 4.92 Å². The van der Waals surface area contributed by atoms with E-state index in [4.69, 9.17) is 0 Å². The molecule has 3 heteroatoms. The van der Waals surface area contributed by atoms with Gasteiger partial charge < -0.3 is 0 Å². The van der Waals surface area contributed by atoms with Gasteiger partial charge in [-0.1, -0.05) is 6.08 Å². The quantitative estimate of drug-likeness (QED) is 0.323. The maximum Gasteiger partial charge on any atom is 0.231 e. The van der Waals surface area contributed by atoms with Gasteiger partial charge in [0.15, 0.2) is 0 Å². The van der Waals surface area contributed by atoms with E-state index < -0.39 is 6.04 Å². The van der Waals surface area contributed by atoms with Gasteiger partial charge in [0.2, 0.25) is 6.04 Å². The minimum absolute atomic E-state index is 0.296. The Morgan fingerprint density at radius 2 is 2.22 bits per heavy atom. The minimum Gasteiger partial charge on any atom is -0.264 e. The molecular formula is C6H11NO2. The summed E-state index contributed by atoms with van der Waals surface area (Å²) in [6.07, 6.45) is 1.76. The molecular weight excluding hydrogens is 118 g/mol. The molecule has 0 aliphatic rings. The van der Waals surface area contributed by atoms with Crippen molar-refractivity contribution >= 4 is 0 Å². The Morgan fingerprint density at radius 1 is 1.78 bits per heavy atom. The number of nitrogens with zero attached hydrogens (tertiary/aromatic N) is 1. The fraction of sp³-hybridized carbons (Fsp3) is 0.667. The summed E-state index contributed by atoms with van der Waals surface area (Å²) in [7, 11) is 0. The Hall–Kier alpha value is -0.860. The summed E-state index contributed by atoms with van der Waals surface area (Å²) in [5.74, 6) is 0. The fourth-order valence-electron chi connectivity index (χ4n) is 0.407. The van der Waals surface area contributed by atoms with Gasteiger partial charge in [0.1, 0.15) is 0 Å². The van der Waals surface area contributed by atoms with E-state index in [-0.39, 0.29) is 4.92 Å². The van der Waals surface area contributed by atoms with Gasteiger partial charge in [-0.05, 0) is 19.4 Å². The lowest BCUT2D eigenvalue weighted by Crippen LogP contribution is -2.15. The van der Waals surface area contributed by atoms with E-state index in [0.717, 1.165) is 5.57 Å². The largest absolute Gasteiger partial charge is 0.264 e. The van der Waals surface area contributed by atoms with Crippen molar-refractivity contribution in [2.45, 2.75) is 26.8 Å². The third kappa shape index (κ3) is 2.26. The number of rotatable bonds is 2. The molecule has 0 aliphatic carbocycles. The van der Waals surface area contributed by atoms with Crippen molar-refractivity contribution in [3.05, 3.63) is 21.8 Å². The van der Waals surface area contributed by atoms with Crippen LogP contribution in [0.1, 0.15) is 20.8 Å². The molecule has 0 N–H and O–H groups in total. The van der Waals surface area contributed by atoms with Crippen LogP contribution in [0.5, 0.6) is 0 Å². The topological polar surface area (TPSA) is 43.1 Å². The molecule has 0 amide bonds. The van der Waals surface area contributed by atoms with Crippen LogP contribution in [-0.2, 0) is 0 Å². The molecule has 0 saturated carbocycles. The lowest BCUT2D eigenvalue weighted by molar-refractivity contribution is -0.507. The zero-order valence-corrected chi connectivity index (χ0v) is 5.92. The second-order valence-corrected chi connectivity index (χ2v) is 1.99. The molecule has 0 heterocycles. The van der Waals surface area contributed by atoms with Gasteiger partial charge in [0.25, 0.3) is 0 Å². The number of nitro groups is 1. The molecule has 0 spiro atoms. The minimum atomic E-state index is -0.532. The predicted octanol–water partition coefficient (Wildman–Crippen LogP) is 1.62. The summed E-state index contributed by atoms with van der Waals surface area (Å²) in [6, 6.07) is -0.532. The lowest BCUT2D eigenvalue weighted by atomic mass is 10.1. The number of allylic oxidation sites excluding steroid dienone is 1. The molecule has 0 aromatic rings. The average Bonchev–Trinajstić information content (AvgIpc) is 1.84. The summed E-state index contributed by atoms with van der Waals surface area (Å²) in [5, 5.41) is 10.1. The zero-order valence-electron chi connectivity index (χ0n) is 5.92. The van der Waals surface area contributed by atoms with Gasteiger partial charge in [0.05, 0.1) is 0 Å². The van der Waals surface area contributed by atoms with Crippen molar-refractivity contribution in [3.8, 4) is 0 Å². The van der Waals surface area contributed by atoms with Crippen LogP contribution in [0.2, 0.25) is 0 Å². The summed E-state index contributed by atoms with van der Waals surface area (Å²) in [5.41, 5.74) is 0.806. The summed E-state index contributed by atoms with van der Waals surface area (Å²) in [6.45, 7) is 5.14. The highest BCUT2D eigenvalue weighted by molar-refractivity contribution is 5.00. The third-order valence-corrected chi connectivity index (χ3v) is 1.43. The summed E-state index contributed by atoms with van der Waals surface area (Å²) in [4.78, 5) is 9.77. The van der Waals surface area contributed by atoms with E-state index in [1.54, 1.807) is 26.8 Å². The molecule has 0 bridgehead atoms. The van der Waals surface area contributed by atoms with Crippen molar-refractivity contribution in [2.75, 3.05) is 0 Å². The van der Waals surface area contributed by atoms with Crippen molar-refractivity contribution in [2.24, 2.45) is 0 Å². The SMILES string of the molecule is C/C=C(/C)C(C)[N+](=O)[O-]. The predicted molar refractivity (Wildman–Crippen MR) is 35.9 cm³/mol. The molecule has 1 atom stereocenters. The number of hydrogen-bond acceptors (Lipinski definition) is 2. The highest BCUT2D eigenvalue weighted by atomic mass is 16.6. The Labute approximate surface area is 54.5 Å². The average molecular weight is 129 g/mol. The van der Waals surface area contributed by atoms with Crippen molar-refractivity contribution in [3.63, 3.8) is 0 Å². The van der Waals surface area contributed by atoms with Crippen LogP contribution in [0.3, 0.4) is 0 Å². The fourth-order valence-corrected chi connectivity index (χ4v) is 0.407. The standard InChI is InChI=1S/C6H11NO2/c1-4-5(2)6(3)7(8)9/h4,6H,1-3H3/b5-4-. The van der Waals surface area contributed by atoms with Crippen LogP contribution in [0, 0.1) is 10.1 Å². The van der Waals surface area contributed by atoms with E-state index in [1.165, 1.54) is 0 Å². The van der Waals surface area contributed by atoms with Gasteiger partial charge >= 0.3 is 0 Å². The summed E-state index contributed by atoms with van der Waals surface area (Å²) < 4.78 is 0. The van der Waals surface area contributed by atoms with E-state index >= 15 is 0 Å². The molecule has 0 aromatic heterocycles. The Balaban J connectivity index is 4.04. The first-order valence-electron chi connectivity index (χ1n) is 2.86. The second-order valence-electron chi connectivity index (χ2n) is 1.99. The molecule has 0 fully saturated rings. The maximum absolute atomic E-state index is 10.1. The highest BCUT2D eigenvalue weighted by Crippen LogP contribution is 2.02. The first-order valence-corrected chi connectivity index (χ1v) is 2.86. The molecule has 0 radical (unpaired) electrons. The van der Waals surface area contributed by atoms with Gasteiger partial charge in [-0.15, -0.1) is 0 Å². The van der Waals surface area contributed by atoms with Crippen LogP contribution in [0.4, 0.5) is 0 Å². The zero-order chi connectivity index (χ0) is 7.44. The lowest BCUT2D eigenvalue weighted by Gasteiger charge is -2.00. The van der Waals surface area contributed by atoms with Crippen LogP contribution in [0.15, 0.2) is 11.6 Å². The van der Waals surface area contributed by atoms with E-state index in [0.29, 0.717) is 0 Å². The van der Waals surface area contributed by atoms with E-state index in [1.807, 2.05) is 0 Å². The smallest absolute Gasteiger partial charge is 0.231 e. The van der Waals surface area contributed by atoms with Crippen LogP contribution < -0.4 is 0 Å². The molecule has 9 heavy (non-hydrogen) atoms. The molecule has 0 aliphatic heterocycles. The van der Waals surface area contributed by atoms with Crippen molar-refractivity contribution in [1.29, 1.82) is 0 Å². The van der Waals surface area contributed by atoms with E-state index in [2.05, 4.69) is 0 Å². The second kappa shape index (κ2) is 3.22.